The molecule has 1 heterocycles. The van der Waals surface area contributed by atoms with Crippen LogP contribution in [-0.2, 0) is 0 Å². The number of nitrogens with zero attached hydrogens (tertiary/aromatic N) is 1. The Bertz CT molecular complexity index is 343. The lowest BCUT2D eigenvalue weighted by Gasteiger charge is -2.25. The monoisotopic (exact) mass is 210 g/mol. The standard InChI is InChI=1S/C10H18N4O/c1-4-5-10(2,3)13-9(15)8-7(11)6-12-14-8/h6H,4-5,11H2,1-3H3,(H,12,14)(H,13,15). The normalized spacial score (nSPS) is 11.4. The highest BCUT2D eigenvalue weighted by Crippen LogP contribution is 2.13. The largest absolute Gasteiger partial charge is 0.396 e. The molecule has 0 aliphatic heterocycles. The number of carbonyl (C=O) groups is 1. The van der Waals surface area contributed by atoms with Crippen molar-refractivity contribution in [2.24, 2.45) is 0 Å². The molecule has 0 aromatic carbocycles. The minimum Gasteiger partial charge on any atom is -0.396 e. The first kappa shape index (κ1) is 11.6. The van der Waals surface area contributed by atoms with E-state index in [1.165, 1.54) is 6.20 Å². The van der Waals surface area contributed by atoms with Crippen LogP contribution in [0.4, 0.5) is 5.69 Å². The van der Waals surface area contributed by atoms with Gasteiger partial charge in [0.05, 0.1) is 11.9 Å². The molecule has 0 fully saturated rings. The molecule has 1 amide bonds. The first-order valence-corrected chi connectivity index (χ1v) is 5.07. The highest BCUT2D eigenvalue weighted by molar-refractivity contribution is 5.97. The molecule has 0 atom stereocenters. The number of nitrogens with two attached hydrogens (primary N) is 1. The van der Waals surface area contributed by atoms with Crippen molar-refractivity contribution < 1.29 is 4.79 Å². The van der Waals surface area contributed by atoms with Gasteiger partial charge in [0.1, 0.15) is 5.69 Å². The van der Waals surface area contributed by atoms with E-state index in [1.54, 1.807) is 0 Å². The van der Waals surface area contributed by atoms with Gasteiger partial charge in [-0.05, 0) is 20.3 Å². The van der Waals surface area contributed by atoms with Crippen LogP contribution >= 0.6 is 0 Å². The van der Waals surface area contributed by atoms with E-state index in [-0.39, 0.29) is 11.4 Å². The number of hydrogen-bond donors (Lipinski definition) is 3. The number of nitrogens with one attached hydrogen (secondary N) is 2. The molecular formula is C10H18N4O. The van der Waals surface area contributed by atoms with Crippen LogP contribution in [0.3, 0.4) is 0 Å². The van der Waals surface area contributed by atoms with Crippen LogP contribution in [0, 0.1) is 0 Å². The summed E-state index contributed by atoms with van der Waals surface area (Å²) >= 11 is 0. The molecule has 5 heteroatoms. The molecule has 0 unspecified atom stereocenters. The minimum atomic E-state index is -0.219. The van der Waals surface area contributed by atoms with Gasteiger partial charge >= 0.3 is 0 Å². The summed E-state index contributed by atoms with van der Waals surface area (Å²) in [6, 6.07) is 0. The van der Waals surface area contributed by atoms with Gasteiger partial charge in [0.25, 0.3) is 5.91 Å². The Hall–Kier alpha value is -1.52. The number of hydrogen-bond acceptors (Lipinski definition) is 3. The zero-order valence-electron chi connectivity index (χ0n) is 9.42. The Kier molecular flexibility index (Phi) is 3.34. The van der Waals surface area contributed by atoms with E-state index in [0.29, 0.717) is 11.4 Å². The van der Waals surface area contributed by atoms with Crippen molar-refractivity contribution >= 4 is 11.6 Å². The zero-order chi connectivity index (χ0) is 11.5. The molecule has 0 aliphatic rings. The molecule has 0 bridgehead atoms. The van der Waals surface area contributed by atoms with Gasteiger partial charge in [-0.25, -0.2) is 0 Å². The fourth-order valence-electron chi connectivity index (χ4n) is 1.53. The van der Waals surface area contributed by atoms with Crippen LogP contribution in [0.15, 0.2) is 6.20 Å². The fourth-order valence-corrected chi connectivity index (χ4v) is 1.53. The van der Waals surface area contributed by atoms with E-state index in [0.717, 1.165) is 12.8 Å². The number of nitrogen functional groups attached to an aromatic ring is 1. The molecule has 1 aromatic rings. The Morgan fingerprint density at radius 2 is 2.33 bits per heavy atom. The second-order valence-electron chi connectivity index (χ2n) is 4.29. The number of H-pyrrole nitrogens is 1. The van der Waals surface area contributed by atoms with E-state index in [4.69, 9.17) is 5.73 Å². The molecule has 0 saturated carbocycles. The summed E-state index contributed by atoms with van der Waals surface area (Å²) in [6.07, 6.45) is 3.38. The van der Waals surface area contributed by atoms with Gasteiger partial charge in [-0.2, -0.15) is 5.10 Å². The molecule has 84 valence electrons. The Balaban J connectivity index is 2.68. The summed E-state index contributed by atoms with van der Waals surface area (Å²) in [5.41, 5.74) is 6.07. The summed E-state index contributed by atoms with van der Waals surface area (Å²) in [7, 11) is 0. The molecule has 0 aliphatic carbocycles. The first-order valence-electron chi connectivity index (χ1n) is 5.07. The van der Waals surface area contributed by atoms with Crippen LogP contribution in [0.5, 0.6) is 0 Å². The summed E-state index contributed by atoms with van der Waals surface area (Å²) < 4.78 is 0. The first-order chi connectivity index (χ1) is 6.96. The van der Waals surface area contributed by atoms with Gasteiger partial charge in [0.2, 0.25) is 0 Å². The quantitative estimate of drug-likeness (QED) is 0.700. The van der Waals surface area contributed by atoms with Crippen molar-refractivity contribution in [2.45, 2.75) is 39.2 Å². The Labute approximate surface area is 89.4 Å². The molecule has 15 heavy (non-hydrogen) atoms. The summed E-state index contributed by atoms with van der Waals surface area (Å²) in [5, 5.41) is 9.20. The summed E-state index contributed by atoms with van der Waals surface area (Å²) in [4.78, 5) is 11.8. The summed E-state index contributed by atoms with van der Waals surface area (Å²) in [5.74, 6) is -0.205. The van der Waals surface area contributed by atoms with Crippen molar-refractivity contribution in [3.8, 4) is 0 Å². The molecule has 1 aromatic heterocycles. The van der Waals surface area contributed by atoms with Gasteiger partial charge in [0.15, 0.2) is 0 Å². The Morgan fingerprint density at radius 1 is 1.67 bits per heavy atom. The third-order valence-electron chi connectivity index (χ3n) is 2.22. The highest BCUT2D eigenvalue weighted by Gasteiger charge is 2.21. The molecule has 1 rings (SSSR count). The second-order valence-corrected chi connectivity index (χ2v) is 4.29. The van der Waals surface area contributed by atoms with E-state index in [9.17, 15) is 4.79 Å². The lowest BCUT2D eigenvalue weighted by Crippen LogP contribution is -2.43. The van der Waals surface area contributed by atoms with Gasteiger partial charge in [-0.1, -0.05) is 13.3 Å². The van der Waals surface area contributed by atoms with E-state index in [1.807, 2.05) is 13.8 Å². The number of aromatic amines is 1. The average Bonchev–Trinajstić information content (AvgIpc) is 2.50. The van der Waals surface area contributed by atoms with E-state index < -0.39 is 0 Å². The third kappa shape index (κ3) is 2.97. The van der Waals surface area contributed by atoms with Crippen molar-refractivity contribution in [3.63, 3.8) is 0 Å². The summed E-state index contributed by atoms with van der Waals surface area (Å²) in [6.45, 7) is 6.06. The second kappa shape index (κ2) is 4.33. The zero-order valence-corrected chi connectivity index (χ0v) is 9.42. The molecular weight excluding hydrogens is 192 g/mol. The van der Waals surface area contributed by atoms with Crippen LogP contribution in [-0.4, -0.2) is 21.6 Å². The van der Waals surface area contributed by atoms with Crippen LogP contribution in [0.1, 0.15) is 44.1 Å². The van der Waals surface area contributed by atoms with Crippen LogP contribution in [0.25, 0.3) is 0 Å². The maximum atomic E-state index is 11.8. The number of anilines is 1. The van der Waals surface area contributed by atoms with Crippen molar-refractivity contribution in [1.29, 1.82) is 0 Å². The van der Waals surface area contributed by atoms with Crippen molar-refractivity contribution in [3.05, 3.63) is 11.9 Å². The number of amides is 1. The fraction of sp³-hybridized carbons (Fsp3) is 0.600. The van der Waals surface area contributed by atoms with Gasteiger partial charge in [-0.15, -0.1) is 0 Å². The number of rotatable bonds is 4. The smallest absolute Gasteiger partial charge is 0.271 e. The molecule has 5 nitrogen and oxygen atoms in total. The minimum absolute atomic E-state index is 0.205. The number of carbonyl (C=O) groups excluding carboxylic acids is 1. The van der Waals surface area contributed by atoms with Crippen molar-refractivity contribution in [1.82, 2.24) is 15.5 Å². The maximum Gasteiger partial charge on any atom is 0.271 e. The molecule has 4 N–H and O–H groups in total. The van der Waals surface area contributed by atoms with Crippen molar-refractivity contribution in [2.75, 3.05) is 5.73 Å². The van der Waals surface area contributed by atoms with E-state index >= 15 is 0 Å². The van der Waals surface area contributed by atoms with Crippen LogP contribution in [0.2, 0.25) is 0 Å². The van der Waals surface area contributed by atoms with Gasteiger partial charge in [-0.3, -0.25) is 9.89 Å². The predicted octanol–water partition coefficient (Wildman–Crippen LogP) is 1.30. The lowest BCUT2D eigenvalue weighted by atomic mass is 9.99. The highest BCUT2D eigenvalue weighted by atomic mass is 16.2. The maximum absolute atomic E-state index is 11.8. The molecule has 0 radical (unpaired) electrons. The molecule has 0 saturated heterocycles. The number of aromatic nitrogens is 2. The average molecular weight is 210 g/mol. The van der Waals surface area contributed by atoms with Gasteiger partial charge in [0, 0.05) is 5.54 Å². The topological polar surface area (TPSA) is 83.8 Å². The predicted molar refractivity (Wildman–Crippen MR) is 59.5 cm³/mol. The lowest BCUT2D eigenvalue weighted by molar-refractivity contribution is 0.0905. The molecule has 0 spiro atoms. The van der Waals surface area contributed by atoms with Gasteiger partial charge < -0.3 is 11.1 Å². The Morgan fingerprint density at radius 3 is 2.80 bits per heavy atom. The van der Waals surface area contributed by atoms with Crippen LogP contribution < -0.4 is 11.1 Å². The SMILES string of the molecule is CCCC(C)(C)NC(=O)c1[nH]ncc1N. The van der Waals surface area contributed by atoms with E-state index in [2.05, 4.69) is 22.4 Å². The third-order valence-corrected chi connectivity index (χ3v) is 2.22.